The van der Waals surface area contributed by atoms with E-state index in [1.165, 1.54) is 18.4 Å². The fraction of sp³-hybridized carbons (Fsp3) is 0.625. The van der Waals surface area contributed by atoms with Gasteiger partial charge in [0.05, 0.1) is 6.61 Å². The van der Waals surface area contributed by atoms with Gasteiger partial charge in [0.15, 0.2) is 0 Å². The van der Waals surface area contributed by atoms with Gasteiger partial charge in [-0.2, -0.15) is 0 Å². The van der Waals surface area contributed by atoms with Crippen molar-refractivity contribution in [1.29, 1.82) is 0 Å². The van der Waals surface area contributed by atoms with Crippen LogP contribution in [0.3, 0.4) is 0 Å². The standard InChI is InChI=1S/C16H27NO/c1-4-11-17-14(3)8-7-12-18-16-10-6-9-15(5-2)13-16/h6,9-10,13-14,17H,4-5,7-8,11-12H2,1-3H3. The highest BCUT2D eigenvalue weighted by Crippen LogP contribution is 2.14. The number of hydrogen-bond donors (Lipinski definition) is 1. The lowest BCUT2D eigenvalue weighted by molar-refractivity contribution is 0.297. The van der Waals surface area contributed by atoms with Crippen molar-refractivity contribution in [3.8, 4) is 5.75 Å². The van der Waals surface area contributed by atoms with Crippen LogP contribution in [0.15, 0.2) is 24.3 Å². The summed E-state index contributed by atoms with van der Waals surface area (Å²) in [7, 11) is 0. The molecule has 0 bridgehead atoms. The maximum atomic E-state index is 5.78. The Balaban J connectivity index is 2.17. The second-order valence-electron chi connectivity index (χ2n) is 4.85. The Labute approximate surface area is 112 Å². The molecule has 1 atom stereocenters. The molecule has 0 aliphatic carbocycles. The molecule has 0 saturated heterocycles. The number of aryl methyl sites for hydroxylation is 1. The first-order valence-corrected chi connectivity index (χ1v) is 7.21. The Morgan fingerprint density at radius 2 is 2.11 bits per heavy atom. The van der Waals surface area contributed by atoms with Gasteiger partial charge in [-0.1, -0.05) is 26.0 Å². The van der Waals surface area contributed by atoms with Crippen LogP contribution in [0.2, 0.25) is 0 Å². The van der Waals surface area contributed by atoms with E-state index in [2.05, 4.69) is 44.3 Å². The van der Waals surface area contributed by atoms with E-state index in [0.717, 1.165) is 31.7 Å². The van der Waals surface area contributed by atoms with E-state index in [0.29, 0.717) is 6.04 Å². The third-order valence-corrected chi connectivity index (χ3v) is 3.10. The van der Waals surface area contributed by atoms with E-state index in [9.17, 15) is 0 Å². The fourth-order valence-electron chi connectivity index (χ4n) is 1.93. The van der Waals surface area contributed by atoms with Crippen LogP contribution in [0.1, 0.15) is 45.6 Å². The molecule has 0 aliphatic rings. The molecule has 1 unspecified atom stereocenters. The van der Waals surface area contributed by atoms with E-state index in [-0.39, 0.29) is 0 Å². The normalized spacial score (nSPS) is 12.4. The van der Waals surface area contributed by atoms with Gasteiger partial charge in [-0.25, -0.2) is 0 Å². The molecule has 0 spiro atoms. The monoisotopic (exact) mass is 249 g/mol. The largest absolute Gasteiger partial charge is 0.494 e. The van der Waals surface area contributed by atoms with Crippen LogP contribution < -0.4 is 10.1 Å². The summed E-state index contributed by atoms with van der Waals surface area (Å²) in [4.78, 5) is 0. The van der Waals surface area contributed by atoms with Gasteiger partial charge in [0.1, 0.15) is 5.75 Å². The molecular formula is C16H27NO. The molecule has 0 aliphatic heterocycles. The summed E-state index contributed by atoms with van der Waals surface area (Å²) in [6.45, 7) is 8.53. The van der Waals surface area contributed by atoms with Gasteiger partial charge in [-0.05, 0) is 56.8 Å². The topological polar surface area (TPSA) is 21.3 Å². The maximum Gasteiger partial charge on any atom is 0.119 e. The quantitative estimate of drug-likeness (QED) is 0.672. The van der Waals surface area contributed by atoms with Crippen molar-refractivity contribution in [1.82, 2.24) is 5.32 Å². The molecule has 0 heterocycles. The number of rotatable bonds is 9. The van der Waals surface area contributed by atoms with E-state index in [1.807, 2.05) is 6.07 Å². The number of benzene rings is 1. The van der Waals surface area contributed by atoms with E-state index in [4.69, 9.17) is 4.74 Å². The molecule has 2 nitrogen and oxygen atoms in total. The summed E-state index contributed by atoms with van der Waals surface area (Å²) in [5.41, 5.74) is 1.34. The van der Waals surface area contributed by atoms with Crippen LogP contribution in [0, 0.1) is 0 Å². The molecule has 0 saturated carbocycles. The Bertz CT molecular complexity index is 325. The summed E-state index contributed by atoms with van der Waals surface area (Å²) < 4.78 is 5.78. The lowest BCUT2D eigenvalue weighted by Crippen LogP contribution is -2.26. The Morgan fingerprint density at radius 3 is 2.83 bits per heavy atom. The third-order valence-electron chi connectivity index (χ3n) is 3.10. The summed E-state index contributed by atoms with van der Waals surface area (Å²) >= 11 is 0. The smallest absolute Gasteiger partial charge is 0.119 e. The van der Waals surface area contributed by atoms with Gasteiger partial charge in [0.25, 0.3) is 0 Å². The molecule has 2 heteroatoms. The molecule has 1 N–H and O–H groups in total. The van der Waals surface area contributed by atoms with Gasteiger partial charge in [0, 0.05) is 6.04 Å². The van der Waals surface area contributed by atoms with Crippen LogP contribution in [0.4, 0.5) is 0 Å². The predicted molar refractivity (Wildman–Crippen MR) is 78.3 cm³/mol. The molecule has 18 heavy (non-hydrogen) atoms. The van der Waals surface area contributed by atoms with Crippen LogP contribution in [-0.4, -0.2) is 19.2 Å². The molecule has 0 radical (unpaired) electrons. The van der Waals surface area contributed by atoms with Crippen LogP contribution >= 0.6 is 0 Å². The molecular weight excluding hydrogens is 222 g/mol. The van der Waals surface area contributed by atoms with Crippen molar-refractivity contribution < 1.29 is 4.74 Å². The molecule has 0 fully saturated rings. The summed E-state index contributed by atoms with van der Waals surface area (Å²) in [6, 6.07) is 8.98. The zero-order valence-electron chi connectivity index (χ0n) is 12.0. The second-order valence-corrected chi connectivity index (χ2v) is 4.85. The zero-order valence-corrected chi connectivity index (χ0v) is 12.0. The molecule has 102 valence electrons. The van der Waals surface area contributed by atoms with Gasteiger partial charge < -0.3 is 10.1 Å². The minimum absolute atomic E-state index is 0.593. The van der Waals surface area contributed by atoms with Crippen LogP contribution in [0.5, 0.6) is 5.75 Å². The lowest BCUT2D eigenvalue weighted by Gasteiger charge is -2.13. The van der Waals surface area contributed by atoms with Crippen molar-refractivity contribution in [2.45, 2.75) is 52.5 Å². The Hall–Kier alpha value is -1.02. The summed E-state index contributed by atoms with van der Waals surface area (Å²) in [5.74, 6) is 1.00. The highest BCUT2D eigenvalue weighted by atomic mass is 16.5. The molecule has 0 amide bonds. The van der Waals surface area contributed by atoms with Crippen molar-refractivity contribution in [3.63, 3.8) is 0 Å². The third kappa shape index (κ3) is 6.06. The maximum absolute atomic E-state index is 5.78. The molecule has 1 rings (SSSR count). The van der Waals surface area contributed by atoms with Gasteiger partial charge in [0.2, 0.25) is 0 Å². The highest BCUT2D eigenvalue weighted by molar-refractivity contribution is 5.28. The first-order valence-electron chi connectivity index (χ1n) is 7.21. The van der Waals surface area contributed by atoms with Crippen molar-refractivity contribution in [3.05, 3.63) is 29.8 Å². The van der Waals surface area contributed by atoms with Gasteiger partial charge >= 0.3 is 0 Å². The van der Waals surface area contributed by atoms with E-state index >= 15 is 0 Å². The number of ether oxygens (including phenoxy) is 1. The van der Waals surface area contributed by atoms with E-state index in [1.54, 1.807) is 0 Å². The van der Waals surface area contributed by atoms with Crippen LogP contribution in [0.25, 0.3) is 0 Å². The minimum Gasteiger partial charge on any atom is -0.494 e. The fourth-order valence-corrected chi connectivity index (χ4v) is 1.93. The van der Waals surface area contributed by atoms with E-state index < -0.39 is 0 Å². The first-order chi connectivity index (χ1) is 8.76. The second kappa shape index (κ2) is 8.98. The average Bonchev–Trinajstić information content (AvgIpc) is 2.41. The Morgan fingerprint density at radius 1 is 1.28 bits per heavy atom. The zero-order chi connectivity index (χ0) is 13.2. The van der Waals surface area contributed by atoms with Crippen molar-refractivity contribution in [2.24, 2.45) is 0 Å². The Kier molecular flexibility index (Phi) is 7.51. The molecule has 0 aromatic heterocycles. The first kappa shape index (κ1) is 15.0. The van der Waals surface area contributed by atoms with Crippen molar-refractivity contribution >= 4 is 0 Å². The molecule has 1 aromatic carbocycles. The van der Waals surface area contributed by atoms with Crippen molar-refractivity contribution in [2.75, 3.05) is 13.2 Å². The SMILES string of the molecule is CCCNC(C)CCCOc1cccc(CC)c1. The van der Waals surface area contributed by atoms with Gasteiger partial charge in [-0.15, -0.1) is 0 Å². The number of nitrogens with one attached hydrogen (secondary N) is 1. The lowest BCUT2D eigenvalue weighted by atomic mass is 10.1. The van der Waals surface area contributed by atoms with Gasteiger partial charge in [-0.3, -0.25) is 0 Å². The highest BCUT2D eigenvalue weighted by Gasteiger charge is 2.00. The molecule has 1 aromatic rings. The predicted octanol–water partition coefficient (Wildman–Crippen LogP) is 3.80. The summed E-state index contributed by atoms with van der Waals surface area (Å²) in [5, 5.41) is 3.49. The van der Waals surface area contributed by atoms with Crippen LogP contribution in [-0.2, 0) is 6.42 Å². The number of hydrogen-bond acceptors (Lipinski definition) is 2. The summed E-state index contributed by atoms with van der Waals surface area (Å²) in [6.07, 6.45) is 4.54. The minimum atomic E-state index is 0.593. The average molecular weight is 249 g/mol.